The SMILES string of the molecule is Cc1cc(/C=C/C(=O)O)cc(OC(F)F)c1F. The first-order valence-electron chi connectivity index (χ1n) is 4.56. The summed E-state index contributed by atoms with van der Waals surface area (Å²) in [5.74, 6) is -2.69. The lowest BCUT2D eigenvalue weighted by atomic mass is 10.1. The predicted molar refractivity (Wildman–Crippen MR) is 54.4 cm³/mol. The molecule has 92 valence electrons. The number of carboxylic acids is 1. The molecule has 0 saturated heterocycles. The van der Waals surface area contributed by atoms with Crippen LogP contribution in [0.25, 0.3) is 6.08 Å². The number of alkyl halides is 2. The minimum absolute atomic E-state index is 0.0909. The van der Waals surface area contributed by atoms with E-state index in [0.717, 1.165) is 18.2 Å². The Kier molecular flexibility index (Phi) is 4.14. The maximum atomic E-state index is 13.3. The second-order valence-corrected chi connectivity index (χ2v) is 3.20. The first kappa shape index (κ1) is 13.1. The van der Waals surface area contributed by atoms with E-state index in [1.165, 1.54) is 13.0 Å². The molecule has 0 amide bonds. The number of benzene rings is 1. The van der Waals surface area contributed by atoms with E-state index in [4.69, 9.17) is 5.11 Å². The summed E-state index contributed by atoms with van der Waals surface area (Å²) in [5, 5.41) is 8.40. The number of hydrogen-bond acceptors (Lipinski definition) is 2. The van der Waals surface area contributed by atoms with Crippen molar-refractivity contribution in [1.82, 2.24) is 0 Å². The van der Waals surface area contributed by atoms with Gasteiger partial charge in [-0.25, -0.2) is 9.18 Å². The van der Waals surface area contributed by atoms with Gasteiger partial charge in [0.05, 0.1) is 0 Å². The standard InChI is InChI=1S/C11H9F3O3/c1-6-4-7(2-3-9(15)16)5-8(10(6)12)17-11(13)14/h2-5,11H,1H3,(H,15,16)/b3-2+. The fourth-order valence-electron chi connectivity index (χ4n) is 1.21. The second kappa shape index (κ2) is 5.38. The first-order chi connectivity index (χ1) is 7.90. The molecular weight excluding hydrogens is 237 g/mol. The van der Waals surface area contributed by atoms with Gasteiger partial charge in [-0.1, -0.05) is 0 Å². The van der Waals surface area contributed by atoms with Crippen molar-refractivity contribution in [3.05, 3.63) is 35.2 Å². The summed E-state index contributed by atoms with van der Waals surface area (Å²) in [7, 11) is 0. The summed E-state index contributed by atoms with van der Waals surface area (Å²) in [6, 6.07) is 2.33. The number of carboxylic acid groups (broad SMARTS) is 1. The number of ether oxygens (including phenoxy) is 1. The van der Waals surface area contributed by atoms with Gasteiger partial charge in [0.15, 0.2) is 11.6 Å². The van der Waals surface area contributed by atoms with Crippen LogP contribution in [-0.2, 0) is 4.79 Å². The molecule has 1 N–H and O–H groups in total. The molecule has 1 aromatic carbocycles. The summed E-state index contributed by atoms with van der Waals surface area (Å²) in [4.78, 5) is 10.3. The third kappa shape index (κ3) is 3.82. The van der Waals surface area contributed by atoms with E-state index in [-0.39, 0.29) is 11.1 Å². The van der Waals surface area contributed by atoms with Crippen LogP contribution < -0.4 is 4.74 Å². The first-order valence-corrected chi connectivity index (χ1v) is 4.56. The Morgan fingerprint density at radius 3 is 2.65 bits per heavy atom. The van der Waals surface area contributed by atoms with Crippen molar-refractivity contribution in [1.29, 1.82) is 0 Å². The quantitative estimate of drug-likeness (QED) is 0.831. The molecule has 0 spiro atoms. The van der Waals surface area contributed by atoms with Gasteiger partial charge in [-0.15, -0.1) is 0 Å². The van der Waals surface area contributed by atoms with Gasteiger partial charge in [0.2, 0.25) is 0 Å². The highest BCUT2D eigenvalue weighted by molar-refractivity contribution is 5.85. The van der Waals surface area contributed by atoms with E-state index in [1.54, 1.807) is 0 Å². The summed E-state index contributed by atoms with van der Waals surface area (Å²) in [5.41, 5.74) is 0.357. The molecular formula is C11H9F3O3. The minimum atomic E-state index is -3.14. The van der Waals surface area contributed by atoms with E-state index in [1.807, 2.05) is 0 Å². The van der Waals surface area contributed by atoms with Gasteiger partial charge in [0, 0.05) is 6.08 Å². The van der Waals surface area contributed by atoms with Gasteiger partial charge in [0.25, 0.3) is 0 Å². The Bertz CT molecular complexity index is 456. The monoisotopic (exact) mass is 246 g/mol. The Hall–Kier alpha value is -1.98. The second-order valence-electron chi connectivity index (χ2n) is 3.20. The van der Waals surface area contributed by atoms with Crippen LogP contribution >= 0.6 is 0 Å². The van der Waals surface area contributed by atoms with Gasteiger partial charge in [-0.3, -0.25) is 0 Å². The summed E-state index contributed by atoms with van der Waals surface area (Å²) < 4.78 is 41.3. The van der Waals surface area contributed by atoms with Crippen molar-refractivity contribution in [2.45, 2.75) is 13.5 Å². The Balaban J connectivity index is 3.09. The number of carbonyl (C=O) groups is 1. The van der Waals surface area contributed by atoms with E-state index in [9.17, 15) is 18.0 Å². The summed E-state index contributed by atoms with van der Waals surface area (Å²) >= 11 is 0. The van der Waals surface area contributed by atoms with Crippen LogP contribution in [-0.4, -0.2) is 17.7 Å². The highest BCUT2D eigenvalue weighted by Crippen LogP contribution is 2.25. The fraction of sp³-hybridized carbons (Fsp3) is 0.182. The Labute approximate surface area is 95.1 Å². The van der Waals surface area contributed by atoms with Gasteiger partial charge < -0.3 is 9.84 Å². The van der Waals surface area contributed by atoms with Crippen LogP contribution in [0.1, 0.15) is 11.1 Å². The van der Waals surface area contributed by atoms with Crippen LogP contribution in [0, 0.1) is 12.7 Å². The predicted octanol–water partition coefficient (Wildman–Crippen LogP) is 2.83. The number of aliphatic carboxylic acids is 1. The molecule has 0 radical (unpaired) electrons. The molecule has 3 nitrogen and oxygen atoms in total. The van der Waals surface area contributed by atoms with Crippen molar-refractivity contribution in [2.24, 2.45) is 0 Å². The van der Waals surface area contributed by atoms with E-state index >= 15 is 0 Å². The number of hydrogen-bond donors (Lipinski definition) is 1. The zero-order valence-electron chi connectivity index (χ0n) is 8.78. The van der Waals surface area contributed by atoms with E-state index < -0.39 is 24.1 Å². The van der Waals surface area contributed by atoms with Crippen molar-refractivity contribution < 1.29 is 27.8 Å². The van der Waals surface area contributed by atoms with Gasteiger partial charge in [-0.2, -0.15) is 8.78 Å². The van der Waals surface area contributed by atoms with Crippen LogP contribution in [0.15, 0.2) is 18.2 Å². The molecule has 0 bridgehead atoms. The molecule has 0 aliphatic rings. The van der Waals surface area contributed by atoms with E-state index in [2.05, 4.69) is 4.74 Å². The molecule has 0 heterocycles. The van der Waals surface area contributed by atoms with Crippen molar-refractivity contribution in [2.75, 3.05) is 0 Å². The van der Waals surface area contributed by atoms with Gasteiger partial charge in [-0.05, 0) is 36.3 Å². The molecule has 0 atom stereocenters. The van der Waals surface area contributed by atoms with Crippen molar-refractivity contribution in [3.8, 4) is 5.75 Å². The highest BCUT2D eigenvalue weighted by Gasteiger charge is 2.12. The molecule has 17 heavy (non-hydrogen) atoms. The smallest absolute Gasteiger partial charge is 0.387 e. The van der Waals surface area contributed by atoms with Crippen LogP contribution in [0.3, 0.4) is 0 Å². The number of rotatable bonds is 4. The van der Waals surface area contributed by atoms with Crippen molar-refractivity contribution >= 4 is 12.0 Å². The fourth-order valence-corrected chi connectivity index (χ4v) is 1.21. The topological polar surface area (TPSA) is 46.5 Å². The molecule has 0 fully saturated rings. The number of halogens is 3. The average Bonchev–Trinajstić information content (AvgIpc) is 2.21. The van der Waals surface area contributed by atoms with Crippen LogP contribution in [0.4, 0.5) is 13.2 Å². The third-order valence-electron chi connectivity index (χ3n) is 1.88. The normalized spacial score (nSPS) is 11.1. The largest absolute Gasteiger partial charge is 0.478 e. The lowest BCUT2D eigenvalue weighted by molar-refractivity contribution is -0.131. The van der Waals surface area contributed by atoms with Gasteiger partial charge >= 0.3 is 12.6 Å². The summed E-state index contributed by atoms with van der Waals surface area (Å²) in [6.07, 6.45) is 1.98. The highest BCUT2D eigenvalue weighted by atomic mass is 19.3. The third-order valence-corrected chi connectivity index (χ3v) is 1.88. The Morgan fingerprint density at radius 1 is 1.47 bits per heavy atom. The van der Waals surface area contributed by atoms with E-state index in [0.29, 0.717) is 0 Å². The van der Waals surface area contributed by atoms with Crippen LogP contribution in [0.5, 0.6) is 5.75 Å². The molecule has 0 aromatic heterocycles. The zero-order chi connectivity index (χ0) is 13.0. The molecule has 6 heteroatoms. The zero-order valence-corrected chi connectivity index (χ0v) is 8.78. The lowest BCUT2D eigenvalue weighted by Crippen LogP contribution is -2.04. The molecule has 0 saturated carbocycles. The molecule has 1 rings (SSSR count). The van der Waals surface area contributed by atoms with Crippen LogP contribution in [0.2, 0.25) is 0 Å². The maximum Gasteiger partial charge on any atom is 0.387 e. The maximum absolute atomic E-state index is 13.3. The number of aryl methyl sites for hydroxylation is 1. The lowest BCUT2D eigenvalue weighted by Gasteiger charge is -2.08. The summed E-state index contributed by atoms with van der Waals surface area (Å²) in [6.45, 7) is -1.77. The van der Waals surface area contributed by atoms with Gasteiger partial charge in [0.1, 0.15) is 0 Å². The Morgan fingerprint density at radius 2 is 2.12 bits per heavy atom. The molecule has 1 aromatic rings. The molecule has 0 aliphatic heterocycles. The molecule has 0 unspecified atom stereocenters. The van der Waals surface area contributed by atoms with Crippen molar-refractivity contribution in [3.63, 3.8) is 0 Å². The molecule has 0 aliphatic carbocycles. The minimum Gasteiger partial charge on any atom is -0.478 e. The average molecular weight is 246 g/mol.